The fourth-order valence-electron chi connectivity index (χ4n) is 0.743. The number of carbonyl (C=O) groups excluding carboxylic acids is 1. The number of amides is 1. The van der Waals surface area contributed by atoms with Gasteiger partial charge in [0.15, 0.2) is 0 Å². The van der Waals surface area contributed by atoms with Gasteiger partial charge >= 0.3 is 0 Å². The number of hydrogen-bond acceptors (Lipinski definition) is 3. The van der Waals surface area contributed by atoms with Gasteiger partial charge in [-0.15, -0.1) is 0 Å². The van der Waals surface area contributed by atoms with Gasteiger partial charge in [0.25, 0.3) is 0 Å². The Hall–Kier alpha value is -0.610. The van der Waals surface area contributed by atoms with Crippen molar-refractivity contribution in [2.75, 3.05) is 33.9 Å². The van der Waals surface area contributed by atoms with Gasteiger partial charge in [0, 0.05) is 20.1 Å². The smallest absolute Gasteiger partial charge is 0.222 e. The summed E-state index contributed by atoms with van der Waals surface area (Å²) in [5.74, 6) is 0.0311. The van der Waals surface area contributed by atoms with Crippen molar-refractivity contribution in [2.45, 2.75) is 12.8 Å². The summed E-state index contributed by atoms with van der Waals surface area (Å²) in [6.07, 6.45) is 1.44. The van der Waals surface area contributed by atoms with E-state index >= 15 is 0 Å². The van der Waals surface area contributed by atoms with Crippen molar-refractivity contribution < 1.29 is 9.53 Å². The first-order valence-electron chi connectivity index (χ1n) is 4.24. The minimum absolute atomic E-state index is 0.0311. The van der Waals surface area contributed by atoms with Crippen LogP contribution in [0, 0.1) is 0 Å². The van der Waals surface area contributed by atoms with Crippen LogP contribution in [0.4, 0.5) is 0 Å². The second-order valence-corrected chi connectivity index (χ2v) is 2.49. The summed E-state index contributed by atoms with van der Waals surface area (Å²) in [5, 5.41) is 5.56. The number of nitrogens with one attached hydrogen (secondary N) is 2. The standard InChI is InChI=1S/C8H18N2O2/c1-9-5-3-6-12-7-4-8(11)10-2/h9H,3-7H2,1-2H3,(H,10,11). The van der Waals surface area contributed by atoms with Gasteiger partial charge in [-0.25, -0.2) is 0 Å². The Balaban J connectivity index is 2.95. The van der Waals surface area contributed by atoms with Crippen LogP contribution in [0.25, 0.3) is 0 Å². The van der Waals surface area contributed by atoms with Crippen molar-refractivity contribution in [3.63, 3.8) is 0 Å². The van der Waals surface area contributed by atoms with Crippen LogP contribution in [0.3, 0.4) is 0 Å². The van der Waals surface area contributed by atoms with Crippen LogP contribution in [0.1, 0.15) is 12.8 Å². The van der Waals surface area contributed by atoms with E-state index in [-0.39, 0.29) is 5.91 Å². The molecule has 0 aromatic heterocycles. The molecule has 0 aromatic rings. The predicted molar refractivity (Wildman–Crippen MR) is 48.0 cm³/mol. The molecule has 0 radical (unpaired) electrons. The average Bonchev–Trinajstić information content (AvgIpc) is 2.10. The van der Waals surface area contributed by atoms with E-state index in [9.17, 15) is 4.79 Å². The molecule has 72 valence electrons. The molecule has 4 nitrogen and oxygen atoms in total. The summed E-state index contributed by atoms with van der Waals surface area (Å²) in [4.78, 5) is 10.7. The minimum atomic E-state index is 0.0311. The monoisotopic (exact) mass is 174 g/mol. The molecule has 0 aliphatic carbocycles. The van der Waals surface area contributed by atoms with E-state index in [1.165, 1.54) is 0 Å². The molecule has 0 aliphatic heterocycles. The molecule has 0 atom stereocenters. The number of rotatable bonds is 7. The van der Waals surface area contributed by atoms with Crippen LogP contribution < -0.4 is 10.6 Å². The first kappa shape index (κ1) is 11.4. The predicted octanol–water partition coefficient (Wildman–Crippen LogP) is -0.251. The normalized spacial score (nSPS) is 9.83. The molecule has 0 unspecified atom stereocenters. The number of carbonyl (C=O) groups is 1. The molecule has 0 aliphatic rings. The Bertz CT molecular complexity index is 118. The summed E-state index contributed by atoms with van der Waals surface area (Å²) < 4.78 is 5.21. The fourth-order valence-corrected chi connectivity index (χ4v) is 0.743. The third kappa shape index (κ3) is 7.50. The largest absolute Gasteiger partial charge is 0.381 e. The van der Waals surface area contributed by atoms with Crippen LogP contribution in [0.5, 0.6) is 0 Å². The Kier molecular flexibility index (Phi) is 8.05. The maximum atomic E-state index is 10.7. The SMILES string of the molecule is CNCCCOCCC(=O)NC. The van der Waals surface area contributed by atoms with Gasteiger partial charge in [0.05, 0.1) is 6.61 Å². The van der Waals surface area contributed by atoms with Crippen molar-refractivity contribution in [1.29, 1.82) is 0 Å². The van der Waals surface area contributed by atoms with Crippen LogP contribution in [0.15, 0.2) is 0 Å². The van der Waals surface area contributed by atoms with E-state index in [0.717, 1.165) is 19.6 Å². The zero-order valence-corrected chi connectivity index (χ0v) is 7.85. The van der Waals surface area contributed by atoms with E-state index in [1.54, 1.807) is 7.05 Å². The molecule has 0 spiro atoms. The highest BCUT2D eigenvalue weighted by Gasteiger charge is 1.96. The van der Waals surface area contributed by atoms with Gasteiger partial charge in [0.1, 0.15) is 0 Å². The molecular formula is C8H18N2O2. The van der Waals surface area contributed by atoms with Crippen LogP contribution >= 0.6 is 0 Å². The third-order valence-corrected chi connectivity index (χ3v) is 1.47. The molecule has 1 amide bonds. The van der Waals surface area contributed by atoms with Gasteiger partial charge in [-0.3, -0.25) is 4.79 Å². The highest BCUT2D eigenvalue weighted by molar-refractivity contribution is 5.75. The van der Waals surface area contributed by atoms with Crippen molar-refractivity contribution in [3.05, 3.63) is 0 Å². The van der Waals surface area contributed by atoms with Crippen molar-refractivity contribution in [2.24, 2.45) is 0 Å². The summed E-state index contributed by atoms with van der Waals surface area (Å²) in [6, 6.07) is 0. The molecule has 0 saturated heterocycles. The van der Waals surface area contributed by atoms with Crippen molar-refractivity contribution in [3.8, 4) is 0 Å². The summed E-state index contributed by atoms with van der Waals surface area (Å²) in [6.45, 7) is 2.20. The van der Waals surface area contributed by atoms with E-state index in [4.69, 9.17) is 4.74 Å². The summed E-state index contributed by atoms with van der Waals surface area (Å²) in [5.41, 5.74) is 0. The molecule has 0 fully saturated rings. The Morgan fingerprint density at radius 3 is 2.67 bits per heavy atom. The molecule has 0 saturated carbocycles. The van der Waals surface area contributed by atoms with Gasteiger partial charge < -0.3 is 15.4 Å². The molecular weight excluding hydrogens is 156 g/mol. The molecule has 0 aromatic carbocycles. The van der Waals surface area contributed by atoms with Gasteiger partial charge in [-0.1, -0.05) is 0 Å². The average molecular weight is 174 g/mol. The lowest BCUT2D eigenvalue weighted by atomic mass is 10.4. The van der Waals surface area contributed by atoms with Crippen molar-refractivity contribution in [1.82, 2.24) is 10.6 Å². The summed E-state index contributed by atoms with van der Waals surface area (Å²) >= 11 is 0. The van der Waals surface area contributed by atoms with Crippen LogP contribution in [0.2, 0.25) is 0 Å². The molecule has 0 bridgehead atoms. The quantitative estimate of drug-likeness (QED) is 0.523. The number of hydrogen-bond donors (Lipinski definition) is 2. The Morgan fingerprint density at radius 2 is 2.08 bits per heavy atom. The first-order valence-corrected chi connectivity index (χ1v) is 4.24. The zero-order valence-electron chi connectivity index (χ0n) is 7.85. The fraction of sp³-hybridized carbons (Fsp3) is 0.875. The molecule has 0 heterocycles. The lowest BCUT2D eigenvalue weighted by molar-refractivity contribution is -0.121. The van der Waals surface area contributed by atoms with Crippen LogP contribution in [-0.4, -0.2) is 39.8 Å². The number of ether oxygens (including phenoxy) is 1. The van der Waals surface area contributed by atoms with Gasteiger partial charge in [-0.2, -0.15) is 0 Å². The topological polar surface area (TPSA) is 50.4 Å². The van der Waals surface area contributed by atoms with E-state index in [1.807, 2.05) is 7.05 Å². The van der Waals surface area contributed by atoms with Crippen molar-refractivity contribution >= 4 is 5.91 Å². The first-order chi connectivity index (χ1) is 5.81. The second kappa shape index (κ2) is 8.49. The van der Waals surface area contributed by atoms with E-state index < -0.39 is 0 Å². The van der Waals surface area contributed by atoms with Gasteiger partial charge in [-0.05, 0) is 20.0 Å². The Labute approximate surface area is 73.7 Å². The van der Waals surface area contributed by atoms with E-state index in [0.29, 0.717) is 13.0 Å². The molecule has 2 N–H and O–H groups in total. The maximum Gasteiger partial charge on any atom is 0.222 e. The Morgan fingerprint density at radius 1 is 1.33 bits per heavy atom. The minimum Gasteiger partial charge on any atom is -0.381 e. The third-order valence-electron chi connectivity index (χ3n) is 1.47. The highest BCUT2D eigenvalue weighted by atomic mass is 16.5. The molecule has 12 heavy (non-hydrogen) atoms. The van der Waals surface area contributed by atoms with E-state index in [2.05, 4.69) is 10.6 Å². The summed E-state index contributed by atoms with van der Waals surface area (Å²) in [7, 11) is 3.54. The molecule has 0 rings (SSSR count). The molecule has 4 heteroatoms. The lowest BCUT2D eigenvalue weighted by Gasteiger charge is -2.02. The lowest BCUT2D eigenvalue weighted by Crippen LogP contribution is -2.19. The highest BCUT2D eigenvalue weighted by Crippen LogP contribution is 1.84. The maximum absolute atomic E-state index is 10.7. The van der Waals surface area contributed by atoms with Gasteiger partial charge in [0.2, 0.25) is 5.91 Å². The second-order valence-electron chi connectivity index (χ2n) is 2.49. The van der Waals surface area contributed by atoms with Crippen LogP contribution in [-0.2, 0) is 9.53 Å². The zero-order chi connectivity index (χ0) is 9.23.